The fourth-order valence-electron chi connectivity index (χ4n) is 3.82. The summed E-state index contributed by atoms with van der Waals surface area (Å²) in [5.74, 6) is 1.08. The van der Waals surface area contributed by atoms with Crippen LogP contribution in [0.25, 0.3) is 0 Å². The summed E-state index contributed by atoms with van der Waals surface area (Å²) >= 11 is 0. The van der Waals surface area contributed by atoms with Crippen molar-refractivity contribution in [1.82, 2.24) is 14.7 Å². The van der Waals surface area contributed by atoms with Gasteiger partial charge in [0.15, 0.2) is 0 Å². The third kappa shape index (κ3) is 6.34. The maximum absolute atomic E-state index is 12.2. The van der Waals surface area contributed by atoms with Crippen LogP contribution in [0.15, 0.2) is 0 Å². The number of carbonyl (C=O) groups is 1. The fraction of sp³-hybridized carbons (Fsp3) is 0.947. The predicted octanol–water partition coefficient (Wildman–Crippen LogP) is 2.07. The number of ether oxygens (including phenoxy) is 1. The number of carbonyl (C=O) groups excluding carboxylic acids is 1. The Morgan fingerprint density at radius 3 is 2.33 bits per heavy atom. The topological polar surface area (TPSA) is 36.0 Å². The first-order chi connectivity index (χ1) is 11.6. The van der Waals surface area contributed by atoms with Gasteiger partial charge in [0.1, 0.15) is 0 Å². The minimum atomic E-state index is 0.318. The van der Waals surface area contributed by atoms with E-state index in [0.717, 1.165) is 32.0 Å². The van der Waals surface area contributed by atoms with Crippen LogP contribution in [0.2, 0.25) is 0 Å². The van der Waals surface area contributed by atoms with Gasteiger partial charge in [-0.2, -0.15) is 0 Å². The third-order valence-electron chi connectivity index (χ3n) is 5.50. The van der Waals surface area contributed by atoms with E-state index in [0.29, 0.717) is 25.0 Å². The van der Waals surface area contributed by atoms with Crippen LogP contribution in [-0.4, -0.2) is 85.7 Å². The highest BCUT2D eigenvalue weighted by atomic mass is 16.5. The lowest BCUT2D eigenvalue weighted by Gasteiger charge is -2.40. The second kappa shape index (κ2) is 10.4. The fourth-order valence-corrected chi connectivity index (χ4v) is 3.82. The Morgan fingerprint density at radius 2 is 1.75 bits per heavy atom. The highest BCUT2D eigenvalue weighted by Gasteiger charge is 2.26. The molecule has 5 nitrogen and oxygen atoms in total. The van der Waals surface area contributed by atoms with Crippen LogP contribution in [0.4, 0.5) is 0 Å². The van der Waals surface area contributed by atoms with Crippen molar-refractivity contribution in [3.05, 3.63) is 0 Å². The van der Waals surface area contributed by atoms with Gasteiger partial charge in [-0.15, -0.1) is 0 Å². The number of hydrogen-bond donors (Lipinski definition) is 0. The molecule has 5 heteroatoms. The first-order valence-electron chi connectivity index (χ1n) is 9.92. The number of piperazine rings is 1. The van der Waals surface area contributed by atoms with Gasteiger partial charge in [-0.25, -0.2) is 0 Å². The summed E-state index contributed by atoms with van der Waals surface area (Å²) in [6.07, 6.45) is 3.83. The molecule has 140 valence electrons. The molecular formula is C19H37N3O2. The van der Waals surface area contributed by atoms with Crippen molar-refractivity contribution >= 4 is 5.91 Å². The molecule has 0 radical (unpaired) electrons. The average molecular weight is 340 g/mol. The van der Waals surface area contributed by atoms with E-state index in [-0.39, 0.29) is 0 Å². The Morgan fingerprint density at radius 1 is 1.08 bits per heavy atom. The quantitative estimate of drug-likeness (QED) is 0.634. The molecule has 0 aromatic heterocycles. The predicted molar refractivity (Wildman–Crippen MR) is 98.2 cm³/mol. The Kier molecular flexibility index (Phi) is 8.50. The van der Waals surface area contributed by atoms with E-state index in [1.807, 2.05) is 6.92 Å². The molecule has 0 saturated carbocycles. The maximum Gasteiger partial charge on any atom is 0.222 e. The number of hydrogen-bond acceptors (Lipinski definition) is 4. The van der Waals surface area contributed by atoms with Crippen molar-refractivity contribution in [2.45, 2.75) is 52.5 Å². The summed E-state index contributed by atoms with van der Waals surface area (Å²) in [6.45, 7) is 16.0. The molecule has 2 rings (SSSR count). The Balaban J connectivity index is 1.60. The number of nitrogens with zero attached hydrogens (tertiary/aromatic N) is 3. The number of likely N-dealkylation sites (tertiary alicyclic amines) is 1. The van der Waals surface area contributed by atoms with Crippen LogP contribution in [-0.2, 0) is 9.53 Å². The summed E-state index contributed by atoms with van der Waals surface area (Å²) < 4.78 is 5.32. The van der Waals surface area contributed by atoms with Gasteiger partial charge in [0.2, 0.25) is 5.91 Å². The summed E-state index contributed by atoms with van der Waals surface area (Å²) in [5, 5.41) is 0. The average Bonchev–Trinajstić information content (AvgIpc) is 2.59. The van der Waals surface area contributed by atoms with Crippen molar-refractivity contribution in [2.75, 3.05) is 59.0 Å². The molecular weight excluding hydrogens is 302 g/mol. The second-order valence-electron chi connectivity index (χ2n) is 7.55. The van der Waals surface area contributed by atoms with E-state index < -0.39 is 0 Å². The van der Waals surface area contributed by atoms with Crippen molar-refractivity contribution in [1.29, 1.82) is 0 Å². The van der Waals surface area contributed by atoms with Crippen LogP contribution in [0, 0.1) is 5.92 Å². The molecule has 2 heterocycles. The molecule has 0 atom stereocenters. The molecule has 0 N–H and O–H groups in total. The number of amides is 1. The van der Waals surface area contributed by atoms with Crippen LogP contribution in [0.5, 0.6) is 0 Å². The van der Waals surface area contributed by atoms with Crippen LogP contribution < -0.4 is 0 Å². The van der Waals surface area contributed by atoms with Gasteiger partial charge in [-0.05, 0) is 46.0 Å². The normalized spacial score (nSPS) is 21.6. The molecule has 2 aliphatic heterocycles. The van der Waals surface area contributed by atoms with Gasteiger partial charge >= 0.3 is 0 Å². The van der Waals surface area contributed by atoms with Crippen LogP contribution in [0.1, 0.15) is 46.5 Å². The first kappa shape index (κ1) is 19.7. The molecule has 0 aromatic rings. The largest absolute Gasteiger partial charge is 0.382 e. The SMILES string of the molecule is CCOCCCC(=O)N1CCC(CN2CCN(C(C)C)CC2)CC1. The van der Waals surface area contributed by atoms with Gasteiger partial charge in [0.05, 0.1) is 0 Å². The molecule has 0 bridgehead atoms. The third-order valence-corrected chi connectivity index (χ3v) is 5.50. The van der Waals surface area contributed by atoms with Crippen molar-refractivity contribution in [2.24, 2.45) is 5.92 Å². The highest BCUT2D eigenvalue weighted by molar-refractivity contribution is 5.76. The van der Waals surface area contributed by atoms with E-state index in [4.69, 9.17) is 4.74 Å². The molecule has 0 unspecified atom stereocenters. The van der Waals surface area contributed by atoms with E-state index in [1.165, 1.54) is 45.6 Å². The number of rotatable bonds is 8. The maximum atomic E-state index is 12.2. The van der Waals surface area contributed by atoms with E-state index in [9.17, 15) is 4.79 Å². The zero-order valence-electron chi connectivity index (χ0n) is 16.0. The van der Waals surface area contributed by atoms with E-state index >= 15 is 0 Å². The summed E-state index contributed by atoms with van der Waals surface area (Å²) in [7, 11) is 0. The smallest absolute Gasteiger partial charge is 0.222 e. The summed E-state index contributed by atoms with van der Waals surface area (Å²) in [6, 6.07) is 0.670. The molecule has 2 saturated heterocycles. The summed E-state index contributed by atoms with van der Waals surface area (Å²) in [4.78, 5) is 19.5. The second-order valence-corrected chi connectivity index (χ2v) is 7.55. The Hall–Kier alpha value is -0.650. The van der Waals surface area contributed by atoms with Crippen molar-refractivity contribution < 1.29 is 9.53 Å². The first-order valence-corrected chi connectivity index (χ1v) is 9.92. The standard InChI is InChI=1S/C19H37N3O2/c1-4-24-15-5-6-19(23)22-9-7-18(8-10-22)16-20-11-13-21(14-12-20)17(2)3/h17-18H,4-16H2,1-3H3. The van der Waals surface area contributed by atoms with Gasteiger partial charge in [0.25, 0.3) is 0 Å². The Bertz CT molecular complexity index is 360. The lowest BCUT2D eigenvalue weighted by Crippen LogP contribution is -2.50. The molecule has 0 aromatic carbocycles. The molecule has 0 spiro atoms. The monoisotopic (exact) mass is 339 g/mol. The Labute approximate surface area is 148 Å². The molecule has 0 aliphatic carbocycles. The molecule has 2 aliphatic rings. The van der Waals surface area contributed by atoms with Gasteiger partial charge in [-0.1, -0.05) is 0 Å². The summed E-state index contributed by atoms with van der Waals surface area (Å²) in [5.41, 5.74) is 0. The molecule has 24 heavy (non-hydrogen) atoms. The minimum Gasteiger partial charge on any atom is -0.382 e. The minimum absolute atomic E-state index is 0.318. The van der Waals surface area contributed by atoms with E-state index in [1.54, 1.807) is 0 Å². The van der Waals surface area contributed by atoms with E-state index in [2.05, 4.69) is 28.5 Å². The lowest BCUT2D eigenvalue weighted by atomic mass is 9.95. The lowest BCUT2D eigenvalue weighted by molar-refractivity contribution is -0.133. The van der Waals surface area contributed by atoms with Gasteiger partial charge < -0.3 is 14.5 Å². The van der Waals surface area contributed by atoms with Gasteiger partial charge in [-0.3, -0.25) is 9.69 Å². The zero-order valence-corrected chi connectivity index (χ0v) is 16.0. The molecule has 1 amide bonds. The zero-order chi connectivity index (χ0) is 17.4. The van der Waals surface area contributed by atoms with Crippen LogP contribution >= 0.6 is 0 Å². The molecule has 2 fully saturated rings. The van der Waals surface area contributed by atoms with Gasteiger partial charge in [0, 0.05) is 71.5 Å². The van der Waals surface area contributed by atoms with Crippen molar-refractivity contribution in [3.63, 3.8) is 0 Å². The van der Waals surface area contributed by atoms with Crippen LogP contribution in [0.3, 0.4) is 0 Å². The highest BCUT2D eigenvalue weighted by Crippen LogP contribution is 2.20. The van der Waals surface area contributed by atoms with Crippen molar-refractivity contribution in [3.8, 4) is 0 Å². The number of piperidine rings is 1.